The molecule has 1 saturated heterocycles. The molecule has 1 amide bonds. The zero-order valence-corrected chi connectivity index (χ0v) is 15.8. The number of anilines is 1. The van der Waals surface area contributed by atoms with Crippen molar-refractivity contribution in [3.8, 4) is 0 Å². The number of aromatic amines is 1. The molecule has 2 aromatic heterocycles. The number of aryl methyl sites for hydroxylation is 1. The zero-order chi connectivity index (χ0) is 18.8. The molecule has 1 fully saturated rings. The summed E-state index contributed by atoms with van der Waals surface area (Å²) >= 11 is 0. The number of nitrogens with one attached hydrogen (secondary N) is 2. The molecule has 4 rings (SSSR count). The third-order valence-electron chi connectivity index (χ3n) is 5.35. The lowest BCUT2D eigenvalue weighted by atomic mass is 9.95. The molecule has 2 N–H and O–H groups in total. The van der Waals surface area contributed by atoms with E-state index in [1.165, 1.54) is 0 Å². The first-order chi connectivity index (χ1) is 13.1. The number of benzene rings is 1. The Bertz CT molecular complexity index is 928. The van der Waals surface area contributed by atoms with Crippen molar-refractivity contribution in [1.82, 2.24) is 20.1 Å². The van der Waals surface area contributed by atoms with Gasteiger partial charge in [-0.05, 0) is 56.5 Å². The van der Waals surface area contributed by atoms with Gasteiger partial charge in [-0.2, -0.15) is 5.10 Å². The number of likely N-dealkylation sites (tertiary alicyclic amines) is 1. The monoisotopic (exact) mass is 363 g/mol. The molecule has 27 heavy (non-hydrogen) atoms. The highest BCUT2D eigenvalue weighted by Crippen LogP contribution is 2.29. The van der Waals surface area contributed by atoms with E-state index in [2.05, 4.69) is 32.3 Å². The molecular weight excluding hydrogens is 338 g/mol. The van der Waals surface area contributed by atoms with Gasteiger partial charge in [0.25, 0.3) is 0 Å². The number of H-pyrrole nitrogens is 1. The summed E-state index contributed by atoms with van der Waals surface area (Å²) in [5.74, 6) is 1.20. The molecule has 3 heterocycles. The third kappa shape index (κ3) is 3.71. The van der Waals surface area contributed by atoms with Crippen molar-refractivity contribution in [2.24, 2.45) is 5.92 Å². The van der Waals surface area contributed by atoms with Crippen LogP contribution in [0.4, 0.5) is 5.82 Å². The SMILES string of the molecule is Cc1ccc2c(NC(=O)[C@@H](c3ccccc3)N3CCC(C)CC3)n[nH]c2n1. The fourth-order valence-corrected chi connectivity index (χ4v) is 3.73. The van der Waals surface area contributed by atoms with Crippen LogP contribution in [-0.2, 0) is 4.79 Å². The van der Waals surface area contributed by atoms with E-state index in [9.17, 15) is 4.79 Å². The topological polar surface area (TPSA) is 73.9 Å². The van der Waals surface area contributed by atoms with E-state index in [1.54, 1.807) is 0 Å². The molecule has 3 aromatic rings. The molecule has 1 aliphatic heterocycles. The van der Waals surface area contributed by atoms with Gasteiger partial charge >= 0.3 is 0 Å². The molecule has 6 nitrogen and oxygen atoms in total. The van der Waals surface area contributed by atoms with Gasteiger partial charge in [0.2, 0.25) is 5.91 Å². The molecular formula is C21H25N5O. The maximum absolute atomic E-state index is 13.3. The Balaban J connectivity index is 1.62. The lowest BCUT2D eigenvalue weighted by molar-refractivity contribution is -0.122. The summed E-state index contributed by atoms with van der Waals surface area (Å²) in [4.78, 5) is 20.0. The van der Waals surface area contributed by atoms with E-state index in [0.29, 0.717) is 17.4 Å². The summed E-state index contributed by atoms with van der Waals surface area (Å²) in [6.07, 6.45) is 2.23. The number of pyridine rings is 1. The fraction of sp³-hybridized carbons (Fsp3) is 0.381. The number of amides is 1. The lowest BCUT2D eigenvalue weighted by Gasteiger charge is -2.36. The minimum Gasteiger partial charge on any atom is -0.307 e. The number of hydrogen-bond donors (Lipinski definition) is 2. The van der Waals surface area contributed by atoms with Crippen molar-refractivity contribution in [3.05, 3.63) is 53.7 Å². The van der Waals surface area contributed by atoms with Crippen molar-refractivity contribution in [1.29, 1.82) is 0 Å². The Morgan fingerprint density at radius 2 is 1.93 bits per heavy atom. The molecule has 0 aliphatic carbocycles. The van der Waals surface area contributed by atoms with Crippen molar-refractivity contribution < 1.29 is 4.79 Å². The fourth-order valence-electron chi connectivity index (χ4n) is 3.73. The van der Waals surface area contributed by atoms with Crippen LogP contribution in [0.3, 0.4) is 0 Å². The second-order valence-corrected chi connectivity index (χ2v) is 7.44. The predicted molar refractivity (Wildman–Crippen MR) is 106 cm³/mol. The minimum absolute atomic E-state index is 0.0512. The average molecular weight is 363 g/mol. The molecule has 0 saturated carbocycles. The quantitative estimate of drug-likeness (QED) is 0.742. The number of piperidine rings is 1. The van der Waals surface area contributed by atoms with Crippen molar-refractivity contribution in [2.45, 2.75) is 32.7 Å². The van der Waals surface area contributed by atoms with Crippen LogP contribution in [-0.4, -0.2) is 39.1 Å². The third-order valence-corrected chi connectivity index (χ3v) is 5.35. The number of aromatic nitrogens is 3. The highest BCUT2D eigenvalue weighted by molar-refractivity contribution is 6.01. The number of fused-ring (bicyclic) bond motifs is 1. The van der Waals surface area contributed by atoms with Gasteiger partial charge in [-0.1, -0.05) is 37.3 Å². The van der Waals surface area contributed by atoms with E-state index in [0.717, 1.165) is 42.6 Å². The number of nitrogens with zero attached hydrogens (tertiary/aromatic N) is 3. The first-order valence-corrected chi connectivity index (χ1v) is 9.53. The van der Waals surface area contributed by atoms with Crippen LogP contribution >= 0.6 is 0 Å². The number of rotatable bonds is 4. The number of carbonyl (C=O) groups excluding carboxylic acids is 1. The van der Waals surface area contributed by atoms with Crippen LogP contribution in [0.5, 0.6) is 0 Å². The highest BCUT2D eigenvalue weighted by Gasteiger charge is 2.30. The maximum atomic E-state index is 13.3. The molecule has 0 unspecified atom stereocenters. The highest BCUT2D eigenvalue weighted by atomic mass is 16.2. The van der Waals surface area contributed by atoms with Crippen LogP contribution < -0.4 is 5.32 Å². The van der Waals surface area contributed by atoms with Crippen molar-refractivity contribution in [2.75, 3.05) is 18.4 Å². The summed E-state index contributed by atoms with van der Waals surface area (Å²) in [5, 5.41) is 11.0. The standard InChI is InChI=1S/C21H25N5O/c1-14-10-12-26(13-11-14)18(16-6-4-3-5-7-16)21(27)23-20-17-9-8-15(2)22-19(17)24-25-20/h3-9,14,18H,10-13H2,1-2H3,(H2,22,23,24,25,27)/t18-/m1/s1. The van der Waals surface area contributed by atoms with E-state index < -0.39 is 0 Å². The average Bonchev–Trinajstić information content (AvgIpc) is 3.06. The second-order valence-electron chi connectivity index (χ2n) is 7.44. The molecule has 0 radical (unpaired) electrons. The van der Waals surface area contributed by atoms with Gasteiger partial charge in [-0.15, -0.1) is 0 Å². The summed E-state index contributed by atoms with van der Waals surface area (Å²) < 4.78 is 0. The van der Waals surface area contributed by atoms with Crippen LogP contribution in [0.2, 0.25) is 0 Å². The Morgan fingerprint density at radius 1 is 1.19 bits per heavy atom. The predicted octanol–water partition coefficient (Wildman–Crippen LogP) is 3.68. The van der Waals surface area contributed by atoms with Crippen LogP contribution in [0.1, 0.15) is 37.1 Å². The van der Waals surface area contributed by atoms with Crippen LogP contribution in [0.15, 0.2) is 42.5 Å². The summed E-state index contributed by atoms with van der Waals surface area (Å²) in [7, 11) is 0. The van der Waals surface area contributed by atoms with E-state index in [1.807, 2.05) is 49.4 Å². The maximum Gasteiger partial charge on any atom is 0.247 e. The second kappa shape index (κ2) is 7.48. The van der Waals surface area contributed by atoms with Gasteiger partial charge in [0.1, 0.15) is 6.04 Å². The molecule has 0 bridgehead atoms. The summed E-state index contributed by atoms with van der Waals surface area (Å²) in [5.41, 5.74) is 2.61. The van der Waals surface area contributed by atoms with Gasteiger partial charge in [-0.25, -0.2) is 4.98 Å². The van der Waals surface area contributed by atoms with Gasteiger partial charge in [0.05, 0.1) is 5.39 Å². The molecule has 1 atom stereocenters. The Labute approximate surface area is 159 Å². The first-order valence-electron chi connectivity index (χ1n) is 9.53. The number of hydrogen-bond acceptors (Lipinski definition) is 4. The van der Waals surface area contributed by atoms with Crippen LogP contribution in [0, 0.1) is 12.8 Å². The zero-order valence-electron chi connectivity index (χ0n) is 15.8. The minimum atomic E-state index is -0.316. The Hall–Kier alpha value is -2.73. The van der Waals surface area contributed by atoms with Gasteiger partial charge in [-0.3, -0.25) is 14.8 Å². The molecule has 140 valence electrons. The Morgan fingerprint density at radius 3 is 2.67 bits per heavy atom. The summed E-state index contributed by atoms with van der Waals surface area (Å²) in [6, 6.07) is 13.5. The van der Waals surface area contributed by atoms with E-state index >= 15 is 0 Å². The van der Waals surface area contributed by atoms with Crippen LogP contribution in [0.25, 0.3) is 11.0 Å². The Kier molecular flexibility index (Phi) is 4.90. The largest absolute Gasteiger partial charge is 0.307 e. The lowest BCUT2D eigenvalue weighted by Crippen LogP contribution is -2.41. The van der Waals surface area contributed by atoms with Crippen molar-refractivity contribution >= 4 is 22.8 Å². The molecule has 1 aliphatic rings. The summed E-state index contributed by atoms with van der Waals surface area (Å²) in [6.45, 7) is 6.06. The van der Waals surface area contributed by atoms with Gasteiger partial charge < -0.3 is 5.32 Å². The smallest absolute Gasteiger partial charge is 0.247 e. The molecule has 0 spiro atoms. The number of carbonyl (C=O) groups is 1. The van der Waals surface area contributed by atoms with Gasteiger partial charge in [0.15, 0.2) is 11.5 Å². The van der Waals surface area contributed by atoms with E-state index in [-0.39, 0.29) is 11.9 Å². The van der Waals surface area contributed by atoms with Crippen molar-refractivity contribution in [3.63, 3.8) is 0 Å². The van der Waals surface area contributed by atoms with E-state index in [4.69, 9.17) is 0 Å². The molecule has 1 aromatic carbocycles. The molecule has 6 heteroatoms. The first kappa shape index (κ1) is 17.7. The van der Waals surface area contributed by atoms with Gasteiger partial charge in [0, 0.05) is 5.69 Å². The normalized spacial score (nSPS) is 17.1.